The second kappa shape index (κ2) is 7.41. The summed E-state index contributed by atoms with van der Waals surface area (Å²) in [6.45, 7) is 2.95. The van der Waals surface area contributed by atoms with Gasteiger partial charge in [0.15, 0.2) is 5.41 Å². The molecule has 0 radical (unpaired) electrons. The molecule has 4 aliphatic heterocycles. The average Bonchev–Trinajstić information content (AvgIpc) is 2.81. The van der Waals surface area contributed by atoms with Crippen LogP contribution in [0.3, 0.4) is 0 Å². The summed E-state index contributed by atoms with van der Waals surface area (Å²) in [7, 11) is 1.32. The van der Waals surface area contributed by atoms with Gasteiger partial charge in [0.05, 0.1) is 37.4 Å². The van der Waals surface area contributed by atoms with Crippen LogP contribution < -0.4 is 15.1 Å². The number of imide groups is 2. The molecule has 0 aromatic heterocycles. The lowest BCUT2D eigenvalue weighted by molar-refractivity contribution is -0.384. The van der Waals surface area contributed by atoms with E-state index in [9.17, 15) is 24.5 Å². The standard InChI is InChI=1S/C20H23N5O7/c1-22-18(27)20(17(26)21-19(22)28)10-12-8-15(25(29)30)14(23-2-5-31-6-3-23)9-13(12)24-4-7-32-11-16(20)24/h8-9,16H,2-7,10-11H2,1H3,(H,21,26,28). The largest absolute Gasteiger partial charge is 0.378 e. The summed E-state index contributed by atoms with van der Waals surface area (Å²) < 4.78 is 11.0. The van der Waals surface area contributed by atoms with Crippen molar-refractivity contribution in [3.63, 3.8) is 0 Å². The fourth-order valence-electron chi connectivity index (χ4n) is 5.17. The van der Waals surface area contributed by atoms with Crippen molar-refractivity contribution in [2.45, 2.75) is 12.5 Å². The van der Waals surface area contributed by atoms with E-state index in [0.29, 0.717) is 50.7 Å². The van der Waals surface area contributed by atoms with Crippen LogP contribution in [0.25, 0.3) is 0 Å². The van der Waals surface area contributed by atoms with Gasteiger partial charge in [0.2, 0.25) is 11.8 Å². The Morgan fingerprint density at radius 3 is 2.53 bits per heavy atom. The van der Waals surface area contributed by atoms with Gasteiger partial charge in [-0.3, -0.25) is 29.9 Å². The molecule has 4 amide bonds. The Hall–Kier alpha value is -3.25. The molecule has 5 rings (SSSR count). The minimum absolute atomic E-state index is 0.0562. The molecule has 3 saturated heterocycles. The van der Waals surface area contributed by atoms with Crippen LogP contribution in [-0.4, -0.2) is 86.8 Å². The van der Waals surface area contributed by atoms with Crippen LogP contribution in [0.1, 0.15) is 5.56 Å². The van der Waals surface area contributed by atoms with E-state index in [-0.39, 0.29) is 18.7 Å². The third-order valence-electron chi connectivity index (χ3n) is 6.82. The molecule has 2 atom stereocenters. The van der Waals surface area contributed by atoms with E-state index in [0.717, 1.165) is 10.6 Å². The zero-order chi connectivity index (χ0) is 22.6. The van der Waals surface area contributed by atoms with Gasteiger partial charge in [0, 0.05) is 44.9 Å². The van der Waals surface area contributed by atoms with Crippen LogP contribution in [0.5, 0.6) is 0 Å². The van der Waals surface area contributed by atoms with Gasteiger partial charge in [0.25, 0.3) is 5.69 Å². The molecular weight excluding hydrogens is 422 g/mol. The predicted molar refractivity (Wildman–Crippen MR) is 111 cm³/mol. The number of nitrogens with zero attached hydrogens (tertiary/aromatic N) is 4. The molecule has 2 unspecified atom stereocenters. The number of carbonyl (C=O) groups excluding carboxylic acids is 3. The van der Waals surface area contributed by atoms with Crippen molar-refractivity contribution in [1.82, 2.24) is 10.2 Å². The van der Waals surface area contributed by atoms with Gasteiger partial charge in [-0.1, -0.05) is 0 Å². The number of urea groups is 1. The van der Waals surface area contributed by atoms with Crippen LogP contribution in [-0.2, 0) is 25.5 Å². The SMILES string of the molecule is CN1C(=O)NC(=O)C2(Cc3cc([N+](=O)[O-])c(N4CCOCC4)cc3N3CCOCC32)C1=O. The lowest BCUT2D eigenvalue weighted by atomic mass is 9.68. The van der Waals surface area contributed by atoms with Crippen LogP contribution in [0.15, 0.2) is 12.1 Å². The number of nitro benzene ring substituents is 1. The zero-order valence-corrected chi connectivity index (χ0v) is 17.5. The van der Waals surface area contributed by atoms with Crippen molar-refractivity contribution in [1.29, 1.82) is 0 Å². The molecule has 12 nitrogen and oxygen atoms in total. The summed E-state index contributed by atoms with van der Waals surface area (Å²) in [5, 5.41) is 14.2. The monoisotopic (exact) mass is 445 g/mol. The summed E-state index contributed by atoms with van der Waals surface area (Å²) in [4.78, 5) is 54.7. The van der Waals surface area contributed by atoms with Gasteiger partial charge in [-0.15, -0.1) is 0 Å². The Morgan fingerprint density at radius 2 is 1.81 bits per heavy atom. The smallest absolute Gasteiger partial charge is 0.330 e. The Bertz CT molecular complexity index is 1020. The highest BCUT2D eigenvalue weighted by Gasteiger charge is 2.62. The maximum atomic E-state index is 13.3. The Labute approximate surface area is 183 Å². The number of nitrogens with one attached hydrogen (secondary N) is 1. The molecule has 3 fully saturated rings. The van der Waals surface area contributed by atoms with Crippen molar-refractivity contribution in [3.05, 3.63) is 27.8 Å². The van der Waals surface area contributed by atoms with Crippen LogP contribution in [0, 0.1) is 15.5 Å². The topological polar surface area (TPSA) is 135 Å². The quantitative estimate of drug-likeness (QED) is 0.376. The van der Waals surface area contributed by atoms with E-state index < -0.39 is 34.2 Å². The summed E-state index contributed by atoms with van der Waals surface area (Å²) >= 11 is 0. The normalized spacial score (nSPS) is 27.8. The number of amides is 4. The lowest BCUT2D eigenvalue weighted by Crippen LogP contribution is -2.73. The minimum Gasteiger partial charge on any atom is -0.378 e. The van der Waals surface area contributed by atoms with Crippen molar-refractivity contribution in [2.24, 2.45) is 5.41 Å². The first-order valence-corrected chi connectivity index (χ1v) is 10.5. The first kappa shape index (κ1) is 20.6. The number of hydrogen-bond acceptors (Lipinski definition) is 9. The Kier molecular flexibility index (Phi) is 4.78. The molecule has 170 valence electrons. The number of anilines is 2. The maximum Gasteiger partial charge on any atom is 0.330 e. The summed E-state index contributed by atoms with van der Waals surface area (Å²) in [6, 6.07) is 1.83. The summed E-state index contributed by atoms with van der Waals surface area (Å²) in [5.74, 6) is -1.33. The number of fused-ring (bicyclic) bond motifs is 4. The molecule has 32 heavy (non-hydrogen) atoms. The van der Waals surface area contributed by atoms with Gasteiger partial charge < -0.3 is 19.3 Å². The van der Waals surface area contributed by atoms with E-state index in [1.165, 1.54) is 13.1 Å². The highest BCUT2D eigenvalue weighted by atomic mass is 16.6. The second-order valence-electron chi connectivity index (χ2n) is 8.38. The molecule has 0 aliphatic carbocycles. The molecule has 0 bridgehead atoms. The molecular formula is C20H23N5O7. The van der Waals surface area contributed by atoms with Crippen molar-refractivity contribution < 1.29 is 28.8 Å². The van der Waals surface area contributed by atoms with Crippen LogP contribution in [0.2, 0.25) is 0 Å². The maximum absolute atomic E-state index is 13.3. The first-order chi connectivity index (χ1) is 15.3. The molecule has 12 heteroatoms. The van der Waals surface area contributed by atoms with Crippen molar-refractivity contribution in [3.8, 4) is 0 Å². The number of carbonyl (C=O) groups is 3. The number of benzene rings is 1. The molecule has 1 N–H and O–H groups in total. The first-order valence-electron chi connectivity index (χ1n) is 10.5. The van der Waals surface area contributed by atoms with E-state index >= 15 is 0 Å². The number of rotatable bonds is 2. The van der Waals surface area contributed by atoms with E-state index in [1.54, 1.807) is 6.07 Å². The highest BCUT2D eigenvalue weighted by Crippen LogP contribution is 2.48. The number of hydrogen-bond donors (Lipinski definition) is 1. The van der Waals surface area contributed by atoms with Crippen molar-refractivity contribution >= 4 is 34.9 Å². The number of morpholine rings is 2. The molecule has 4 aliphatic rings. The number of ether oxygens (including phenoxy) is 2. The zero-order valence-electron chi connectivity index (χ0n) is 17.5. The predicted octanol–water partition coefficient (Wildman–Crippen LogP) is -0.113. The van der Waals surface area contributed by atoms with Crippen LogP contribution >= 0.6 is 0 Å². The summed E-state index contributed by atoms with van der Waals surface area (Å²) in [6.07, 6.45) is -0.0562. The molecule has 1 aromatic rings. The fourth-order valence-corrected chi connectivity index (χ4v) is 5.17. The second-order valence-corrected chi connectivity index (χ2v) is 8.38. The average molecular weight is 445 g/mol. The molecule has 1 aromatic carbocycles. The van der Waals surface area contributed by atoms with Gasteiger partial charge in [-0.2, -0.15) is 0 Å². The van der Waals surface area contributed by atoms with Crippen molar-refractivity contribution in [2.75, 3.05) is 62.9 Å². The summed E-state index contributed by atoms with van der Waals surface area (Å²) in [5.41, 5.74) is 0.0737. The molecule has 0 saturated carbocycles. The lowest BCUT2D eigenvalue weighted by Gasteiger charge is -2.53. The molecule has 4 heterocycles. The van der Waals surface area contributed by atoms with Gasteiger partial charge >= 0.3 is 6.03 Å². The Balaban J connectivity index is 1.67. The number of barbiturate groups is 1. The van der Waals surface area contributed by atoms with E-state index in [1.807, 2.05) is 9.80 Å². The van der Waals surface area contributed by atoms with Gasteiger partial charge in [-0.25, -0.2) is 4.79 Å². The fraction of sp³-hybridized carbons (Fsp3) is 0.550. The van der Waals surface area contributed by atoms with Crippen LogP contribution in [0.4, 0.5) is 21.9 Å². The third-order valence-corrected chi connectivity index (χ3v) is 6.82. The minimum atomic E-state index is -1.61. The number of nitro groups is 1. The molecule has 1 spiro atoms. The third kappa shape index (κ3) is 2.86. The highest BCUT2D eigenvalue weighted by molar-refractivity contribution is 6.20. The Morgan fingerprint density at radius 1 is 1.09 bits per heavy atom. The van der Waals surface area contributed by atoms with Gasteiger partial charge in [-0.05, 0) is 11.6 Å². The van der Waals surface area contributed by atoms with E-state index in [2.05, 4.69) is 5.32 Å². The van der Waals surface area contributed by atoms with E-state index in [4.69, 9.17) is 9.47 Å². The van der Waals surface area contributed by atoms with Gasteiger partial charge in [0.1, 0.15) is 5.69 Å².